The van der Waals surface area contributed by atoms with Crippen LogP contribution in [0.25, 0.3) is 10.6 Å². The molecule has 0 fully saturated rings. The van der Waals surface area contributed by atoms with Crippen LogP contribution in [0, 0.1) is 0 Å². The third kappa shape index (κ3) is 7.82. The van der Waals surface area contributed by atoms with Crippen molar-refractivity contribution < 1.29 is 4.74 Å². The average molecular weight is 407 g/mol. The predicted molar refractivity (Wildman–Crippen MR) is 115 cm³/mol. The minimum absolute atomic E-state index is 0.463. The Morgan fingerprint density at radius 3 is 1.85 bits per heavy atom. The van der Waals surface area contributed by atoms with Crippen molar-refractivity contribution in [2.45, 2.75) is 60.0 Å². The zero-order chi connectivity index (χ0) is 20.2. The van der Waals surface area contributed by atoms with Gasteiger partial charge in [-0.25, -0.2) is 0 Å². The van der Waals surface area contributed by atoms with Gasteiger partial charge in [0, 0.05) is 24.5 Å². The molecular formula is C20H30N4OS2. The highest BCUT2D eigenvalue weighted by molar-refractivity contribution is 7.14. The second kappa shape index (κ2) is 12.6. The van der Waals surface area contributed by atoms with E-state index in [1.165, 1.54) is 0 Å². The van der Waals surface area contributed by atoms with Gasteiger partial charge in [0.05, 0.1) is 6.61 Å². The molecule has 0 saturated heterocycles. The van der Waals surface area contributed by atoms with Gasteiger partial charge >= 0.3 is 0 Å². The molecule has 7 heteroatoms. The number of methoxy groups -OCH3 is 1. The SMILES string of the molecule is CC.CC(C)c1nnc(-c2ccccc2)s1.COCc1nnc(C(C)C)s1. The average Bonchev–Trinajstić information content (AvgIpc) is 3.35. The summed E-state index contributed by atoms with van der Waals surface area (Å²) in [6.45, 7) is 13.1. The number of ether oxygens (including phenoxy) is 1. The number of nitrogens with zero attached hydrogens (tertiary/aromatic N) is 4. The van der Waals surface area contributed by atoms with E-state index < -0.39 is 0 Å². The minimum atomic E-state index is 0.463. The summed E-state index contributed by atoms with van der Waals surface area (Å²) in [5.74, 6) is 0.933. The molecule has 0 N–H and O–H groups in total. The molecule has 0 amide bonds. The molecule has 2 heterocycles. The van der Waals surface area contributed by atoms with Crippen LogP contribution in [0.2, 0.25) is 0 Å². The molecule has 27 heavy (non-hydrogen) atoms. The number of benzene rings is 1. The Labute approximate surface area is 170 Å². The lowest BCUT2D eigenvalue weighted by molar-refractivity contribution is 0.184. The van der Waals surface area contributed by atoms with Gasteiger partial charge in [-0.1, -0.05) is 94.5 Å². The van der Waals surface area contributed by atoms with Crippen LogP contribution in [0.1, 0.15) is 68.4 Å². The highest BCUT2D eigenvalue weighted by Crippen LogP contribution is 2.26. The third-order valence-electron chi connectivity index (χ3n) is 3.20. The van der Waals surface area contributed by atoms with Crippen LogP contribution in [0.3, 0.4) is 0 Å². The zero-order valence-electron chi connectivity index (χ0n) is 17.3. The lowest BCUT2D eigenvalue weighted by atomic mass is 10.2. The van der Waals surface area contributed by atoms with Crippen LogP contribution in [0.15, 0.2) is 30.3 Å². The van der Waals surface area contributed by atoms with Gasteiger partial charge in [0.15, 0.2) is 0 Å². The van der Waals surface area contributed by atoms with Crippen molar-refractivity contribution in [3.63, 3.8) is 0 Å². The van der Waals surface area contributed by atoms with Gasteiger partial charge in [0.1, 0.15) is 20.0 Å². The van der Waals surface area contributed by atoms with Gasteiger partial charge < -0.3 is 4.74 Å². The predicted octanol–water partition coefficient (Wildman–Crippen LogP) is 6.16. The summed E-state index contributed by atoms with van der Waals surface area (Å²) in [5.41, 5.74) is 1.15. The molecule has 0 aliphatic rings. The molecule has 148 valence electrons. The summed E-state index contributed by atoms with van der Waals surface area (Å²) < 4.78 is 4.93. The summed E-state index contributed by atoms with van der Waals surface area (Å²) >= 11 is 3.29. The maximum Gasteiger partial charge on any atom is 0.147 e. The molecule has 3 aromatic rings. The fourth-order valence-corrected chi connectivity index (χ4v) is 3.52. The van der Waals surface area contributed by atoms with E-state index in [4.69, 9.17) is 4.74 Å². The Balaban J connectivity index is 0.000000254. The van der Waals surface area contributed by atoms with Crippen LogP contribution in [-0.4, -0.2) is 27.5 Å². The van der Waals surface area contributed by atoms with Crippen molar-refractivity contribution in [1.29, 1.82) is 0 Å². The smallest absolute Gasteiger partial charge is 0.147 e. The summed E-state index contributed by atoms with van der Waals surface area (Å²) in [7, 11) is 1.66. The lowest BCUT2D eigenvalue weighted by Crippen LogP contribution is -1.85. The van der Waals surface area contributed by atoms with E-state index in [0.717, 1.165) is 25.6 Å². The molecule has 0 aliphatic heterocycles. The van der Waals surface area contributed by atoms with E-state index in [9.17, 15) is 0 Å². The summed E-state index contributed by atoms with van der Waals surface area (Å²) in [6.07, 6.45) is 0. The molecule has 0 saturated carbocycles. The van der Waals surface area contributed by atoms with E-state index >= 15 is 0 Å². The minimum Gasteiger partial charge on any atom is -0.377 e. The van der Waals surface area contributed by atoms with E-state index in [1.54, 1.807) is 29.8 Å². The topological polar surface area (TPSA) is 60.8 Å². The van der Waals surface area contributed by atoms with Crippen LogP contribution < -0.4 is 0 Å². The molecule has 1 aromatic carbocycles. The van der Waals surface area contributed by atoms with Crippen molar-refractivity contribution >= 4 is 22.7 Å². The first kappa shape index (κ1) is 23.3. The summed E-state index contributed by atoms with van der Waals surface area (Å²) in [5, 5.41) is 20.5. The van der Waals surface area contributed by atoms with Gasteiger partial charge in [-0.2, -0.15) is 0 Å². The van der Waals surface area contributed by atoms with E-state index in [1.807, 2.05) is 32.0 Å². The Morgan fingerprint density at radius 1 is 0.815 bits per heavy atom. The molecule has 0 aliphatic carbocycles. The van der Waals surface area contributed by atoms with Crippen molar-refractivity contribution in [1.82, 2.24) is 20.4 Å². The maximum absolute atomic E-state index is 4.93. The second-order valence-electron chi connectivity index (χ2n) is 6.09. The molecule has 0 radical (unpaired) electrons. The Morgan fingerprint density at radius 2 is 1.37 bits per heavy atom. The monoisotopic (exact) mass is 406 g/mol. The standard InChI is InChI=1S/C11H12N2S.C7H12N2OS.C2H6/c1-8(2)10-12-13-11(14-10)9-6-4-3-5-7-9;1-5(2)7-9-8-6(11-7)4-10-3;1-2/h3-8H,1-2H3;5H,4H2,1-3H3;1-2H3. The molecule has 0 unspecified atom stereocenters. The molecule has 2 aromatic heterocycles. The quantitative estimate of drug-likeness (QED) is 0.507. The van der Waals surface area contributed by atoms with Crippen LogP contribution >= 0.6 is 22.7 Å². The third-order valence-corrected chi connectivity index (χ3v) is 5.67. The van der Waals surface area contributed by atoms with Gasteiger partial charge in [-0.3, -0.25) is 0 Å². The first-order chi connectivity index (χ1) is 13.0. The zero-order valence-corrected chi connectivity index (χ0v) is 18.9. The second-order valence-corrected chi connectivity index (χ2v) is 8.19. The first-order valence-electron chi connectivity index (χ1n) is 9.21. The Hall–Kier alpha value is -1.70. The van der Waals surface area contributed by atoms with Crippen molar-refractivity contribution in [3.8, 4) is 10.6 Å². The van der Waals surface area contributed by atoms with Gasteiger partial charge in [0.25, 0.3) is 0 Å². The van der Waals surface area contributed by atoms with Crippen LogP contribution in [-0.2, 0) is 11.3 Å². The molecule has 5 nitrogen and oxygen atoms in total. The Kier molecular flexibility index (Phi) is 10.9. The lowest BCUT2D eigenvalue weighted by Gasteiger charge is -1.94. The fraction of sp³-hybridized carbons (Fsp3) is 0.500. The van der Waals surface area contributed by atoms with E-state index in [0.29, 0.717) is 18.4 Å². The van der Waals surface area contributed by atoms with Crippen molar-refractivity contribution in [2.24, 2.45) is 0 Å². The Bertz CT molecular complexity index is 754. The number of hydrogen-bond donors (Lipinski definition) is 0. The van der Waals surface area contributed by atoms with Crippen LogP contribution in [0.4, 0.5) is 0 Å². The van der Waals surface area contributed by atoms with E-state index in [2.05, 4.69) is 60.2 Å². The summed E-state index contributed by atoms with van der Waals surface area (Å²) in [4.78, 5) is 0. The molecule has 0 spiro atoms. The normalized spacial score (nSPS) is 10.3. The molecular weight excluding hydrogens is 376 g/mol. The molecule has 0 bridgehead atoms. The molecule has 3 rings (SSSR count). The fourth-order valence-electron chi connectivity index (χ4n) is 1.85. The largest absolute Gasteiger partial charge is 0.377 e. The van der Waals surface area contributed by atoms with Gasteiger partial charge in [0.2, 0.25) is 0 Å². The van der Waals surface area contributed by atoms with E-state index in [-0.39, 0.29) is 0 Å². The number of rotatable bonds is 5. The maximum atomic E-state index is 4.93. The van der Waals surface area contributed by atoms with Crippen molar-refractivity contribution in [3.05, 3.63) is 45.4 Å². The number of hydrogen-bond acceptors (Lipinski definition) is 7. The first-order valence-corrected chi connectivity index (χ1v) is 10.8. The van der Waals surface area contributed by atoms with Gasteiger partial charge in [-0.05, 0) is 0 Å². The van der Waals surface area contributed by atoms with Gasteiger partial charge in [-0.15, -0.1) is 20.4 Å². The van der Waals surface area contributed by atoms with Crippen molar-refractivity contribution in [2.75, 3.05) is 7.11 Å². The molecule has 0 atom stereocenters. The highest BCUT2D eigenvalue weighted by Gasteiger charge is 2.08. The summed E-state index contributed by atoms with van der Waals surface area (Å²) in [6, 6.07) is 10.2. The van der Waals surface area contributed by atoms with Crippen LogP contribution in [0.5, 0.6) is 0 Å². The highest BCUT2D eigenvalue weighted by atomic mass is 32.1. The number of aromatic nitrogens is 4.